The number of hydrogen-bond donors (Lipinski definition) is 0. The zero-order chi connectivity index (χ0) is 10.3. The lowest BCUT2D eigenvalue weighted by Crippen LogP contribution is -2.15. The Hall–Kier alpha value is -1.87. The summed E-state index contributed by atoms with van der Waals surface area (Å²) >= 11 is 0. The molecule has 0 fully saturated rings. The van der Waals surface area contributed by atoms with Gasteiger partial charge in [0.1, 0.15) is 0 Å². The third-order valence-corrected chi connectivity index (χ3v) is 2.52. The van der Waals surface area contributed by atoms with Crippen LogP contribution in [-0.2, 0) is 0 Å². The Morgan fingerprint density at radius 2 is 1.88 bits per heavy atom. The summed E-state index contributed by atoms with van der Waals surface area (Å²) in [5, 5.41) is 2.20. The van der Waals surface area contributed by atoms with Crippen LogP contribution in [0.3, 0.4) is 0 Å². The number of benzene rings is 1. The topological polar surface area (TPSA) is 34.4 Å². The molecule has 0 saturated carbocycles. The molecule has 0 amide bonds. The SMILES string of the molecule is Cl.O=c1nccc2c3ccccc3ccn12. The van der Waals surface area contributed by atoms with E-state index in [-0.39, 0.29) is 18.1 Å². The van der Waals surface area contributed by atoms with Crippen molar-refractivity contribution in [3.8, 4) is 0 Å². The van der Waals surface area contributed by atoms with Crippen LogP contribution in [0.2, 0.25) is 0 Å². The normalized spacial score (nSPS) is 10.2. The van der Waals surface area contributed by atoms with E-state index in [0.29, 0.717) is 0 Å². The second-order valence-electron chi connectivity index (χ2n) is 3.39. The lowest BCUT2D eigenvalue weighted by Gasteiger charge is -2.03. The third kappa shape index (κ3) is 1.46. The molecular weight excluding hydrogens is 224 g/mol. The molecule has 0 atom stereocenters. The number of pyridine rings is 1. The van der Waals surface area contributed by atoms with Crippen LogP contribution in [0.4, 0.5) is 0 Å². The smallest absolute Gasteiger partial charge is 0.267 e. The number of hydrogen-bond acceptors (Lipinski definition) is 2. The minimum atomic E-state index is -0.238. The van der Waals surface area contributed by atoms with Gasteiger partial charge in [0.05, 0.1) is 5.52 Å². The molecule has 0 unspecified atom stereocenters. The van der Waals surface area contributed by atoms with Gasteiger partial charge >= 0.3 is 5.69 Å². The second-order valence-corrected chi connectivity index (χ2v) is 3.39. The highest BCUT2D eigenvalue weighted by Crippen LogP contribution is 2.17. The third-order valence-electron chi connectivity index (χ3n) is 2.52. The van der Waals surface area contributed by atoms with Gasteiger partial charge in [-0.2, -0.15) is 0 Å². The van der Waals surface area contributed by atoms with Crippen molar-refractivity contribution in [3.05, 3.63) is 59.3 Å². The summed E-state index contributed by atoms with van der Waals surface area (Å²) in [5.41, 5.74) is 0.659. The van der Waals surface area contributed by atoms with Crippen molar-refractivity contribution in [2.24, 2.45) is 0 Å². The van der Waals surface area contributed by atoms with E-state index in [0.717, 1.165) is 16.3 Å². The molecule has 4 heteroatoms. The highest BCUT2D eigenvalue weighted by Gasteiger charge is 2.00. The van der Waals surface area contributed by atoms with E-state index in [4.69, 9.17) is 0 Å². The molecule has 0 spiro atoms. The molecule has 0 aliphatic rings. The number of fused-ring (bicyclic) bond motifs is 3. The minimum absolute atomic E-state index is 0. The summed E-state index contributed by atoms with van der Waals surface area (Å²) in [7, 11) is 0. The van der Waals surface area contributed by atoms with Crippen molar-refractivity contribution in [3.63, 3.8) is 0 Å². The van der Waals surface area contributed by atoms with Gasteiger partial charge in [-0.15, -0.1) is 12.4 Å². The summed E-state index contributed by atoms with van der Waals surface area (Å²) in [6, 6.07) is 11.8. The van der Waals surface area contributed by atoms with Gasteiger partial charge in [-0.25, -0.2) is 9.78 Å². The van der Waals surface area contributed by atoms with E-state index >= 15 is 0 Å². The summed E-state index contributed by atoms with van der Waals surface area (Å²) in [6.07, 6.45) is 3.30. The molecule has 2 heterocycles. The van der Waals surface area contributed by atoms with Crippen LogP contribution in [0, 0.1) is 0 Å². The maximum atomic E-state index is 11.5. The molecule has 3 nitrogen and oxygen atoms in total. The monoisotopic (exact) mass is 232 g/mol. The molecule has 3 aromatic rings. The quantitative estimate of drug-likeness (QED) is 0.558. The standard InChI is InChI=1S/C12H8N2O.ClH/c15-12-13-7-5-11-10-4-2-1-3-9(10)6-8-14(11)12;/h1-8H;1H. The van der Waals surface area contributed by atoms with Crippen LogP contribution in [0.1, 0.15) is 0 Å². The number of halogens is 1. The molecule has 1 aromatic carbocycles. The lowest BCUT2D eigenvalue weighted by atomic mass is 10.1. The van der Waals surface area contributed by atoms with Gasteiger partial charge < -0.3 is 0 Å². The van der Waals surface area contributed by atoms with Crippen molar-refractivity contribution in [2.45, 2.75) is 0 Å². The summed E-state index contributed by atoms with van der Waals surface area (Å²) in [4.78, 5) is 15.2. The fourth-order valence-corrected chi connectivity index (χ4v) is 1.81. The molecule has 3 rings (SSSR count). The molecule has 0 aliphatic carbocycles. The Bertz CT molecular complexity index is 706. The largest absolute Gasteiger partial charge is 0.352 e. The Kier molecular flexibility index (Phi) is 2.62. The van der Waals surface area contributed by atoms with Crippen LogP contribution >= 0.6 is 12.4 Å². The van der Waals surface area contributed by atoms with Crippen LogP contribution < -0.4 is 5.69 Å². The van der Waals surface area contributed by atoms with E-state index in [1.165, 1.54) is 0 Å². The first kappa shape index (κ1) is 10.6. The molecule has 2 aromatic heterocycles. The van der Waals surface area contributed by atoms with Crippen molar-refractivity contribution < 1.29 is 0 Å². The van der Waals surface area contributed by atoms with Gasteiger partial charge in [0.2, 0.25) is 0 Å². The summed E-state index contributed by atoms with van der Waals surface area (Å²) < 4.78 is 1.56. The zero-order valence-corrected chi connectivity index (χ0v) is 9.15. The molecule has 16 heavy (non-hydrogen) atoms. The van der Waals surface area contributed by atoms with Gasteiger partial charge in [-0.05, 0) is 17.5 Å². The average Bonchev–Trinajstić information content (AvgIpc) is 2.29. The van der Waals surface area contributed by atoms with Crippen molar-refractivity contribution in [1.82, 2.24) is 9.38 Å². The van der Waals surface area contributed by atoms with E-state index in [9.17, 15) is 4.79 Å². The molecule has 0 bridgehead atoms. The minimum Gasteiger partial charge on any atom is -0.267 e. The number of nitrogens with zero attached hydrogens (tertiary/aromatic N) is 2. The predicted octanol–water partition coefficient (Wildman–Crippen LogP) is 2.27. The second kappa shape index (κ2) is 3.94. The van der Waals surface area contributed by atoms with Crippen molar-refractivity contribution in [1.29, 1.82) is 0 Å². The fraction of sp³-hybridized carbons (Fsp3) is 0. The van der Waals surface area contributed by atoms with Gasteiger partial charge in [0, 0.05) is 17.8 Å². The Labute approximate surface area is 97.8 Å². The van der Waals surface area contributed by atoms with Crippen LogP contribution in [-0.4, -0.2) is 9.38 Å². The van der Waals surface area contributed by atoms with Gasteiger partial charge in [0.15, 0.2) is 0 Å². The predicted molar refractivity (Wildman–Crippen MR) is 66.2 cm³/mol. The molecular formula is C12H9ClN2O. The molecule has 0 aliphatic heterocycles. The van der Waals surface area contributed by atoms with E-state index in [1.807, 2.05) is 36.4 Å². The highest BCUT2D eigenvalue weighted by atomic mass is 35.5. The first-order valence-electron chi connectivity index (χ1n) is 4.71. The van der Waals surface area contributed by atoms with Crippen LogP contribution in [0.25, 0.3) is 16.3 Å². The van der Waals surface area contributed by atoms with Gasteiger partial charge in [-0.3, -0.25) is 4.40 Å². The first-order chi connectivity index (χ1) is 7.36. The van der Waals surface area contributed by atoms with Gasteiger partial charge in [0.25, 0.3) is 0 Å². The van der Waals surface area contributed by atoms with Crippen molar-refractivity contribution in [2.75, 3.05) is 0 Å². The number of rotatable bonds is 0. The van der Waals surface area contributed by atoms with Crippen LogP contribution in [0.15, 0.2) is 53.6 Å². The Balaban J connectivity index is 0.000000963. The van der Waals surface area contributed by atoms with E-state index in [1.54, 1.807) is 16.8 Å². The molecule has 0 radical (unpaired) electrons. The van der Waals surface area contributed by atoms with E-state index in [2.05, 4.69) is 4.98 Å². The fourth-order valence-electron chi connectivity index (χ4n) is 1.81. The molecule has 0 saturated heterocycles. The average molecular weight is 233 g/mol. The Morgan fingerprint density at radius 3 is 2.75 bits per heavy atom. The summed E-state index contributed by atoms with van der Waals surface area (Å²) in [6.45, 7) is 0. The van der Waals surface area contributed by atoms with Gasteiger partial charge in [-0.1, -0.05) is 24.3 Å². The highest BCUT2D eigenvalue weighted by molar-refractivity contribution is 5.95. The Morgan fingerprint density at radius 1 is 1.06 bits per heavy atom. The lowest BCUT2D eigenvalue weighted by molar-refractivity contribution is 1.000. The molecule has 0 N–H and O–H groups in total. The first-order valence-corrected chi connectivity index (χ1v) is 4.71. The number of aromatic nitrogens is 2. The summed E-state index contributed by atoms with van der Waals surface area (Å²) in [5.74, 6) is 0. The van der Waals surface area contributed by atoms with E-state index < -0.39 is 0 Å². The van der Waals surface area contributed by atoms with Crippen LogP contribution in [0.5, 0.6) is 0 Å². The molecule has 80 valence electrons. The zero-order valence-electron chi connectivity index (χ0n) is 8.33. The maximum Gasteiger partial charge on any atom is 0.352 e. The van der Waals surface area contributed by atoms with Crippen molar-refractivity contribution >= 4 is 28.7 Å². The maximum absolute atomic E-state index is 11.5.